The van der Waals surface area contributed by atoms with Crippen molar-refractivity contribution in [3.63, 3.8) is 0 Å². The molecule has 114 valence electrons. The molecule has 6 heteroatoms. The average molecular weight is 308 g/mol. The van der Waals surface area contributed by atoms with E-state index in [-0.39, 0.29) is 5.95 Å². The van der Waals surface area contributed by atoms with Crippen molar-refractivity contribution in [2.24, 2.45) is 11.8 Å². The van der Waals surface area contributed by atoms with E-state index in [2.05, 4.69) is 19.8 Å². The fraction of sp³-hybridized carbons (Fsp3) is 0.733. The number of rotatable bonds is 2. The van der Waals surface area contributed by atoms with Crippen LogP contribution < -0.4 is 10.6 Å². The smallest absolute Gasteiger partial charge is 0.223 e. The van der Waals surface area contributed by atoms with Crippen LogP contribution in [0.1, 0.15) is 25.7 Å². The van der Waals surface area contributed by atoms with Gasteiger partial charge >= 0.3 is 0 Å². The summed E-state index contributed by atoms with van der Waals surface area (Å²) < 4.78 is 0. The minimum Gasteiger partial charge on any atom is -0.368 e. The summed E-state index contributed by atoms with van der Waals surface area (Å²) in [6.45, 7) is 4.24. The molecular formula is C15H22ClN5. The SMILES string of the molecule is Nc1nc(Cl)cc(N2CCN(C3CC4CCC3C4)CC2)n1. The van der Waals surface area contributed by atoms with Crippen molar-refractivity contribution in [2.45, 2.75) is 31.7 Å². The number of fused-ring (bicyclic) bond motifs is 2. The molecule has 0 spiro atoms. The van der Waals surface area contributed by atoms with Crippen molar-refractivity contribution in [3.05, 3.63) is 11.2 Å². The summed E-state index contributed by atoms with van der Waals surface area (Å²) in [6, 6.07) is 2.65. The maximum Gasteiger partial charge on any atom is 0.223 e. The van der Waals surface area contributed by atoms with Gasteiger partial charge in [0.15, 0.2) is 0 Å². The van der Waals surface area contributed by atoms with Crippen LogP contribution >= 0.6 is 11.6 Å². The molecule has 1 aromatic rings. The van der Waals surface area contributed by atoms with Crippen LogP contribution in [0.3, 0.4) is 0 Å². The van der Waals surface area contributed by atoms with E-state index in [1.54, 1.807) is 0 Å². The summed E-state index contributed by atoms with van der Waals surface area (Å²) in [5.74, 6) is 3.09. The largest absolute Gasteiger partial charge is 0.368 e. The number of nitrogen functional groups attached to an aromatic ring is 1. The van der Waals surface area contributed by atoms with E-state index < -0.39 is 0 Å². The molecule has 3 aliphatic rings. The summed E-state index contributed by atoms with van der Waals surface area (Å²) in [7, 11) is 0. The third-order valence-corrected chi connectivity index (χ3v) is 5.70. The molecule has 0 amide bonds. The molecule has 0 radical (unpaired) electrons. The molecule has 3 fully saturated rings. The first-order valence-corrected chi connectivity index (χ1v) is 8.36. The van der Waals surface area contributed by atoms with Gasteiger partial charge < -0.3 is 10.6 Å². The zero-order chi connectivity index (χ0) is 14.4. The van der Waals surface area contributed by atoms with Crippen LogP contribution in [0.25, 0.3) is 0 Å². The van der Waals surface area contributed by atoms with Crippen molar-refractivity contribution in [2.75, 3.05) is 36.8 Å². The van der Waals surface area contributed by atoms with Crippen LogP contribution in [0, 0.1) is 11.8 Å². The second-order valence-corrected chi connectivity index (χ2v) is 7.06. The van der Waals surface area contributed by atoms with E-state index in [0.29, 0.717) is 5.15 Å². The van der Waals surface area contributed by atoms with Gasteiger partial charge in [0.25, 0.3) is 0 Å². The molecule has 2 aliphatic carbocycles. The molecular weight excluding hydrogens is 286 g/mol. The molecule has 21 heavy (non-hydrogen) atoms. The number of hydrogen-bond donors (Lipinski definition) is 1. The Bertz CT molecular complexity index is 509. The quantitative estimate of drug-likeness (QED) is 0.847. The van der Waals surface area contributed by atoms with Crippen molar-refractivity contribution in [3.8, 4) is 0 Å². The lowest BCUT2D eigenvalue weighted by Gasteiger charge is -2.41. The van der Waals surface area contributed by atoms with Crippen LogP contribution in [-0.2, 0) is 0 Å². The first-order chi connectivity index (χ1) is 10.2. The Balaban J connectivity index is 1.40. The number of aromatic nitrogens is 2. The summed E-state index contributed by atoms with van der Waals surface area (Å²) in [5.41, 5.74) is 5.69. The number of hydrogen-bond acceptors (Lipinski definition) is 5. The highest BCUT2D eigenvalue weighted by molar-refractivity contribution is 6.29. The van der Waals surface area contributed by atoms with Gasteiger partial charge in [-0.25, -0.2) is 4.98 Å². The van der Waals surface area contributed by atoms with Gasteiger partial charge in [-0.2, -0.15) is 4.98 Å². The molecule has 5 nitrogen and oxygen atoms in total. The Kier molecular flexibility index (Phi) is 3.42. The molecule has 2 N–H and O–H groups in total. The van der Waals surface area contributed by atoms with E-state index in [1.165, 1.54) is 25.7 Å². The van der Waals surface area contributed by atoms with Crippen molar-refractivity contribution >= 4 is 23.4 Å². The number of nitrogens with zero attached hydrogens (tertiary/aromatic N) is 4. The van der Waals surface area contributed by atoms with Gasteiger partial charge in [0, 0.05) is 38.3 Å². The topological polar surface area (TPSA) is 58.3 Å². The average Bonchev–Trinajstić information content (AvgIpc) is 3.09. The second kappa shape index (κ2) is 5.29. The molecule has 1 aliphatic heterocycles. The van der Waals surface area contributed by atoms with Crippen molar-refractivity contribution in [1.29, 1.82) is 0 Å². The van der Waals surface area contributed by atoms with E-state index in [0.717, 1.165) is 49.9 Å². The molecule has 1 saturated heterocycles. The first-order valence-electron chi connectivity index (χ1n) is 7.98. The van der Waals surface area contributed by atoms with Crippen LogP contribution in [-0.4, -0.2) is 47.1 Å². The lowest BCUT2D eigenvalue weighted by molar-refractivity contribution is 0.134. The minimum atomic E-state index is 0.257. The van der Waals surface area contributed by atoms with E-state index in [9.17, 15) is 0 Å². The van der Waals surface area contributed by atoms with Gasteiger partial charge in [-0.1, -0.05) is 18.0 Å². The summed E-state index contributed by atoms with van der Waals surface area (Å²) >= 11 is 5.98. The van der Waals surface area contributed by atoms with E-state index in [4.69, 9.17) is 17.3 Å². The molecule has 1 aromatic heterocycles. The molecule has 4 rings (SSSR count). The first kappa shape index (κ1) is 13.6. The predicted octanol–water partition coefficient (Wildman–Crippen LogP) is 2.02. The normalized spacial score (nSPS) is 32.8. The highest BCUT2D eigenvalue weighted by Crippen LogP contribution is 2.46. The van der Waals surface area contributed by atoms with Gasteiger partial charge in [-0.15, -0.1) is 0 Å². The number of anilines is 2. The van der Waals surface area contributed by atoms with Crippen LogP contribution in [0.15, 0.2) is 6.07 Å². The van der Waals surface area contributed by atoms with E-state index in [1.807, 2.05) is 6.07 Å². The molecule has 2 bridgehead atoms. The third kappa shape index (κ3) is 2.57. The molecule has 3 unspecified atom stereocenters. The number of halogens is 1. The minimum absolute atomic E-state index is 0.257. The Labute approximate surface area is 130 Å². The Hall–Kier alpha value is -1.07. The van der Waals surface area contributed by atoms with Crippen LogP contribution in [0.2, 0.25) is 5.15 Å². The van der Waals surface area contributed by atoms with Crippen LogP contribution in [0.4, 0.5) is 11.8 Å². The fourth-order valence-corrected chi connectivity index (χ4v) is 4.71. The predicted molar refractivity (Wildman–Crippen MR) is 84.5 cm³/mol. The summed E-state index contributed by atoms with van der Waals surface area (Å²) in [6.07, 6.45) is 5.83. The molecule has 2 heterocycles. The molecule has 0 aromatic carbocycles. The zero-order valence-electron chi connectivity index (χ0n) is 12.2. The Morgan fingerprint density at radius 3 is 2.52 bits per heavy atom. The standard InChI is InChI=1S/C15H22ClN5/c16-13-9-14(19-15(17)18-13)21-5-3-20(4-6-21)12-8-10-1-2-11(12)7-10/h9-12H,1-8H2,(H2,17,18,19). The second-order valence-electron chi connectivity index (χ2n) is 6.67. The highest BCUT2D eigenvalue weighted by atomic mass is 35.5. The Morgan fingerprint density at radius 1 is 1.10 bits per heavy atom. The molecule has 3 atom stereocenters. The number of piperazine rings is 1. The maximum absolute atomic E-state index is 5.98. The third-order valence-electron chi connectivity index (χ3n) is 5.51. The van der Waals surface area contributed by atoms with E-state index >= 15 is 0 Å². The lowest BCUT2D eigenvalue weighted by atomic mass is 9.93. The van der Waals surface area contributed by atoms with Gasteiger partial charge in [0.05, 0.1) is 0 Å². The van der Waals surface area contributed by atoms with Gasteiger partial charge in [0.2, 0.25) is 5.95 Å². The zero-order valence-corrected chi connectivity index (χ0v) is 13.0. The Morgan fingerprint density at radius 2 is 1.90 bits per heavy atom. The number of nitrogens with two attached hydrogens (primary N) is 1. The van der Waals surface area contributed by atoms with Crippen molar-refractivity contribution < 1.29 is 0 Å². The lowest BCUT2D eigenvalue weighted by Crippen LogP contribution is -2.52. The maximum atomic E-state index is 5.98. The monoisotopic (exact) mass is 307 g/mol. The van der Waals surface area contributed by atoms with Crippen molar-refractivity contribution in [1.82, 2.24) is 14.9 Å². The van der Waals surface area contributed by atoms with Gasteiger partial charge in [0.1, 0.15) is 11.0 Å². The fourth-order valence-electron chi connectivity index (χ4n) is 4.53. The van der Waals surface area contributed by atoms with Crippen LogP contribution in [0.5, 0.6) is 0 Å². The van der Waals surface area contributed by atoms with Gasteiger partial charge in [-0.05, 0) is 31.1 Å². The van der Waals surface area contributed by atoms with Gasteiger partial charge in [-0.3, -0.25) is 4.90 Å². The highest BCUT2D eigenvalue weighted by Gasteiger charge is 2.42. The molecule has 2 saturated carbocycles. The summed E-state index contributed by atoms with van der Waals surface area (Å²) in [4.78, 5) is 13.2. The summed E-state index contributed by atoms with van der Waals surface area (Å²) in [5, 5.41) is 0.424.